The molecule has 3 heterocycles. The van der Waals surface area contributed by atoms with Gasteiger partial charge in [0.1, 0.15) is 6.04 Å². The van der Waals surface area contributed by atoms with E-state index in [-0.39, 0.29) is 30.9 Å². The summed E-state index contributed by atoms with van der Waals surface area (Å²) in [5.41, 5.74) is 1.81. The Kier molecular flexibility index (Phi) is 6.40. The minimum atomic E-state index is -0.633. The maximum atomic E-state index is 13.3. The number of benzene rings is 2. The van der Waals surface area contributed by atoms with Gasteiger partial charge in [-0.2, -0.15) is 4.98 Å². The summed E-state index contributed by atoms with van der Waals surface area (Å²) >= 11 is 6.04. The molecule has 0 bridgehead atoms. The number of halogens is 1. The molecule has 1 fully saturated rings. The fraction of sp³-hybridized carbons (Fsp3) is 0.160. The molecule has 176 valence electrons. The summed E-state index contributed by atoms with van der Waals surface area (Å²) < 4.78 is 5.59. The number of carbonyl (C=O) groups is 2. The predicted molar refractivity (Wildman–Crippen MR) is 130 cm³/mol. The van der Waals surface area contributed by atoms with Crippen molar-refractivity contribution in [2.45, 2.75) is 6.04 Å². The SMILES string of the molecule is O=C(Nc1cccc(Cl)c1)N1CCN(C(=O)c2cccnc2)C(c2nc(-c3ccccc3)no2)C1. The third-order valence-electron chi connectivity index (χ3n) is 5.67. The van der Waals surface area contributed by atoms with Crippen molar-refractivity contribution in [2.75, 3.05) is 25.0 Å². The Morgan fingerprint density at radius 2 is 1.89 bits per heavy atom. The Labute approximate surface area is 206 Å². The lowest BCUT2D eigenvalue weighted by atomic mass is 10.1. The van der Waals surface area contributed by atoms with Gasteiger partial charge in [0.2, 0.25) is 5.82 Å². The molecular weight excluding hydrogens is 468 g/mol. The fourth-order valence-corrected chi connectivity index (χ4v) is 4.11. The molecular formula is C25H21ClN6O3. The van der Waals surface area contributed by atoms with Crippen molar-refractivity contribution in [2.24, 2.45) is 0 Å². The molecule has 1 unspecified atom stereocenters. The molecule has 1 atom stereocenters. The van der Waals surface area contributed by atoms with Crippen molar-refractivity contribution in [3.63, 3.8) is 0 Å². The first-order valence-corrected chi connectivity index (χ1v) is 11.4. The zero-order valence-corrected chi connectivity index (χ0v) is 19.3. The molecule has 0 spiro atoms. The van der Waals surface area contributed by atoms with Crippen molar-refractivity contribution in [1.82, 2.24) is 24.9 Å². The lowest BCUT2D eigenvalue weighted by molar-refractivity contribution is 0.0451. The van der Waals surface area contributed by atoms with Crippen LogP contribution in [0.15, 0.2) is 83.6 Å². The molecule has 0 aliphatic carbocycles. The van der Waals surface area contributed by atoms with E-state index >= 15 is 0 Å². The van der Waals surface area contributed by atoms with E-state index in [2.05, 4.69) is 20.4 Å². The standard InChI is InChI=1S/C25H21ClN6O3/c26-19-9-4-10-20(14-19)28-25(34)31-12-13-32(24(33)18-8-5-11-27-15-18)21(16-31)23-29-22(30-35-23)17-6-2-1-3-7-17/h1-11,14-15,21H,12-13,16H2,(H,28,34). The van der Waals surface area contributed by atoms with Crippen LogP contribution in [-0.2, 0) is 0 Å². The van der Waals surface area contributed by atoms with Gasteiger partial charge >= 0.3 is 6.03 Å². The first-order valence-electron chi connectivity index (χ1n) is 11.0. The maximum Gasteiger partial charge on any atom is 0.321 e. The topological polar surface area (TPSA) is 104 Å². The van der Waals surface area contributed by atoms with E-state index in [4.69, 9.17) is 16.1 Å². The number of nitrogens with one attached hydrogen (secondary N) is 1. The van der Waals surface area contributed by atoms with Crippen LogP contribution in [0.25, 0.3) is 11.4 Å². The minimum Gasteiger partial charge on any atom is -0.337 e. The highest BCUT2D eigenvalue weighted by atomic mass is 35.5. The van der Waals surface area contributed by atoms with Crippen LogP contribution in [0.5, 0.6) is 0 Å². The largest absolute Gasteiger partial charge is 0.337 e. The van der Waals surface area contributed by atoms with Crippen molar-refractivity contribution >= 4 is 29.2 Å². The minimum absolute atomic E-state index is 0.175. The Morgan fingerprint density at radius 1 is 1.03 bits per heavy atom. The van der Waals surface area contributed by atoms with E-state index in [9.17, 15) is 9.59 Å². The first-order chi connectivity index (χ1) is 17.1. The van der Waals surface area contributed by atoms with Crippen molar-refractivity contribution < 1.29 is 14.1 Å². The van der Waals surface area contributed by atoms with Crippen LogP contribution >= 0.6 is 11.6 Å². The average Bonchev–Trinajstić information content (AvgIpc) is 3.39. The second-order valence-electron chi connectivity index (χ2n) is 7.96. The summed E-state index contributed by atoms with van der Waals surface area (Å²) in [6.07, 6.45) is 3.12. The Bertz CT molecular complexity index is 1330. The summed E-state index contributed by atoms with van der Waals surface area (Å²) in [5.74, 6) is 0.439. The van der Waals surface area contributed by atoms with E-state index < -0.39 is 6.04 Å². The number of piperazine rings is 1. The summed E-state index contributed by atoms with van der Waals surface area (Å²) in [7, 11) is 0. The van der Waals surface area contributed by atoms with Crippen molar-refractivity contribution in [3.8, 4) is 11.4 Å². The predicted octanol–water partition coefficient (Wildman–Crippen LogP) is 4.52. The molecule has 4 aromatic rings. The molecule has 1 saturated heterocycles. The number of hydrogen-bond acceptors (Lipinski definition) is 6. The van der Waals surface area contributed by atoms with Crippen LogP contribution in [0.1, 0.15) is 22.3 Å². The third-order valence-corrected chi connectivity index (χ3v) is 5.91. The van der Waals surface area contributed by atoms with Crippen molar-refractivity contribution in [1.29, 1.82) is 0 Å². The molecule has 1 aliphatic rings. The van der Waals surface area contributed by atoms with Gasteiger partial charge in [0.25, 0.3) is 11.8 Å². The number of urea groups is 1. The van der Waals surface area contributed by atoms with Crippen LogP contribution in [0.2, 0.25) is 5.02 Å². The van der Waals surface area contributed by atoms with E-state index in [1.54, 1.807) is 52.4 Å². The van der Waals surface area contributed by atoms with Gasteiger partial charge in [-0.1, -0.05) is 53.2 Å². The number of carbonyl (C=O) groups excluding carboxylic acids is 2. The number of amides is 3. The molecule has 9 nitrogen and oxygen atoms in total. The van der Waals surface area contributed by atoms with Gasteiger partial charge in [-0.25, -0.2) is 4.79 Å². The second kappa shape index (κ2) is 9.94. The van der Waals surface area contributed by atoms with E-state index in [1.165, 1.54) is 6.20 Å². The second-order valence-corrected chi connectivity index (χ2v) is 8.40. The highest BCUT2D eigenvalue weighted by Crippen LogP contribution is 2.28. The van der Waals surface area contributed by atoms with Crippen LogP contribution in [-0.4, -0.2) is 56.5 Å². The van der Waals surface area contributed by atoms with E-state index in [1.807, 2.05) is 30.3 Å². The zero-order chi connectivity index (χ0) is 24.2. The molecule has 35 heavy (non-hydrogen) atoms. The number of aromatic nitrogens is 3. The highest BCUT2D eigenvalue weighted by molar-refractivity contribution is 6.30. The third kappa shape index (κ3) is 4.99. The summed E-state index contributed by atoms with van der Waals surface area (Å²) in [5, 5.41) is 7.48. The molecule has 10 heteroatoms. The van der Waals surface area contributed by atoms with Crippen LogP contribution in [0.4, 0.5) is 10.5 Å². The van der Waals surface area contributed by atoms with Gasteiger partial charge in [-0.15, -0.1) is 0 Å². The molecule has 1 aliphatic heterocycles. The smallest absolute Gasteiger partial charge is 0.321 e. The summed E-state index contributed by atoms with van der Waals surface area (Å²) in [6, 6.07) is 18.8. The van der Waals surface area contributed by atoms with Gasteiger partial charge in [0, 0.05) is 41.8 Å². The summed E-state index contributed by atoms with van der Waals surface area (Å²) in [4.78, 5) is 38.2. The van der Waals surface area contributed by atoms with Crippen LogP contribution in [0.3, 0.4) is 0 Å². The van der Waals surface area contributed by atoms with Crippen molar-refractivity contribution in [3.05, 3.63) is 95.6 Å². The quantitative estimate of drug-likeness (QED) is 0.453. The highest BCUT2D eigenvalue weighted by Gasteiger charge is 2.37. The molecule has 3 amide bonds. The molecule has 0 radical (unpaired) electrons. The molecule has 1 N–H and O–H groups in total. The number of hydrogen-bond donors (Lipinski definition) is 1. The van der Waals surface area contributed by atoms with E-state index in [0.29, 0.717) is 28.6 Å². The fourth-order valence-electron chi connectivity index (χ4n) is 3.92. The Morgan fingerprint density at radius 3 is 2.66 bits per heavy atom. The molecule has 5 rings (SSSR count). The van der Waals surface area contributed by atoms with Gasteiger partial charge in [-0.3, -0.25) is 9.78 Å². The molecule has 2 aromatic carbocycles. The Balaban J connectivity index is 1.42. The number of rotatable bonds is 4. The van der Waals surface area contributed by atoms with E-state index in [0.717, 1.165) is 5.56 Å². The van der Waals surface area contributed by atoms with Gasteiger partial charge in [0.15, 0.2) is 0 Å². The van der Waals surface area contributed by atoms with Crippen LogP contribution < -0.4 is 5.32 Å². The number of nitrogens with zero attached hydrogens (tertiary/aromatic N) is 5. The Hall–Kier alpha value is -4.24. The number of pyridine rings is 1. The monoisotopic (exact) mass is 488 g/mol. The van der Waals surface area contributed by atoms with Gasteiger partial charge in [0.05, 0.1) is 12.1 Å². The van der Waals surface area contributed by atoms with Gasteiger partial charge < -0.3 is 19.6 Å². The first kappa shape index (κ1) is 22.5. The lowest BCUT2D eigenvalue weighted by Crippen LogP contribution is -2.53. The molecule has 0 saturated carbocycles. The number of anilines is 1. The maximum absolute atomic E-state index is 13.3. The van der Waals surface area contributed by atoms with Crippen LogP contribution in [0, 0.1) is 0 Å². The lowest BCUT2D eigenvalue weighted by Gasteiger charge is -2.39. The average molecular weight is 489 g/mol. The van der Waals surface area contributed by atoms with Gasteiger partial charge in [-0.05, 0) is 30.3 Å². The zero-order valence-electron chi connectivity index (χ0n) is 18.5. The molecule has 2 aromatic heterocycles. The normalized spacial score (nSPS) is 15.6. The summed E-state index contributed by atoms with van der Waals surface area (Å²) in [6.45, 7) is 0.786.